The van der Waals surface area contributed by atoms with E-state index in [1.54, 1.807) is 48.5 Å². The fourth-order valence-corrected chi connectivity index (χ4v) is 21.7. The number of hydrogen-bond donors (Lipinski definition) is 10. The number of fused-ring (bicyclic) bond motifs is 10. The molecular formula is C108H133Br3F5N5O9. The lowest BCUT2D eigenvalue weighted by Crippen LogP contribution is -2.45. The van der Waals surface area contributed by atoms with E-state index in [2.05, 4.69) is 186 Å². The molecule has 0 saturated carbocycles. The van der Waals surface area contributed by atoms with Crippen LogP contribution in [0.2, 0.25) is 0 Å². The van der Waals surface area contributed by atoms with Crippen molar-refractivity contribution in [1.82, 2.24) is 10.3 Å². The maximum Gasteiger partial charge on any atom is 0.319 e. The highest BCUT2D eigenvalue weighted by molar-refractivity contribution is 9.11. The molecule has 0 bridgehead atoms. The van der Waals surface area contributed by atoms with Gasteiger partial charge < -0.3 is 62.2 Å². The van der Waals surface area contributed by atoms with Crippen molar-refractivity contribution in [1.29, 1.82) is 0 Å². The van der Waals surface area contributed by atoms with Crippen molar-refractivity contribution in [2.24, 2.45) is 11.5 Å². The van der Waals surface area contributed by atoms with Crippen LogP contribution in [-0.2, 0) is 52.8 Å². The number of nitrogens with two attached hydrogens (primary N) is 2. The molecule has 2 amide bonds. The minimum absolute atomic E-state index is 0.00528. The molecule has 2 aliphatic heterocycles. The highest BCUT2D eigenvalue weighted by Crippen LogP contribution is 2.55. The summed E-state index contributed by atoms with van der Waals surface area (Å²) in [6.45, 7) is 37.7. The summed E-state index contributed by atoms with van der Waals surface area (Å²) < 4.78 is 79.1. The molecule has 3 heterocycles. The Bertz CT molecular complexity index is 5370. The zero-order valence-electron chi connectivity index (χ0n) is 78.2. The molecule has 0 spiro atoms. The van der Waals surface area contributed by atoms with Crippen molar-refractivity contribution in [2.45, 2.75) is 317 Å². The van der Waals surface area contributed by atoms with Crippen LogP contribution in [0.15, 0.2) is 177 Å². The predicted octanol–water partition coefficient (Wildman–Crippen LogP) is 25.2. The zero-order chi connectivity index (χ0) is 95.0. The van der Waals surface area contributed by atoms with Gasteiger partial charge in [-0.15, -0.1) is 0 Å². The monoisotopic (exact) mass is 1980 g/mol. The Kier molecular flexibility index (Phi) is 31.8. The van der Waals surface area contributed by atoms with E-state index in [1.165, 1.54) is 52.6 Å². The van der Waals surface area contributed by atoms with E-state index in [9.17, 15) is 57.4 Å². The van der Waals surface area contributed by atoms with Crippen LogP contribution >= 0.6 is 47.8 Å². The summed E-state index contributed by atoms with van der Waals surface area (Å²) >= 11 is 10.4. The van der Waals surface area contributed by atoms with Crippen LogP contribution in [0.1, 0.15) is 343 Å². The number of urea groups is 1. The maximum atomic E-state index is 13.1. The van der Waals surface area contributed by atoms with Crippen LogP contribution in [0.5, 0.6) is 0 Å². The molecule has 8 aliphatic carbocycles. The lowest BCUT2D eigenvalue weighted by atomic mass is 9.70. The number of carbonyl (C=O) groups is 1. The van der Waals surface area contributed by atoms with Gasteiger partial charge in [0, 0.05) is 28.1 Å². The SMILES string of the molecule is CC1(C)CC2OC2c2cc(F)ccc21.CC1(C)CC=Cc2cc(F)ccc21.CC1(C)CCC(O)c2cc(Br)ccc21.CC1(C)CCC(O)c2cc(F)ccc21.CC1(C)CCC(O)c2ccc(F)cc21.CC1(C)C[C@@H](O)C(N)c2cc(Br)ccc21.CC1(C)C[C@@H](O)[C@H](N)c2cc(F)ccc21.Cc1cc(NC(=O)N[C@@H]2c3ccccc3C(C)(C)C[C@H]2O)c(C2CCOCC2)nc1Br. The van der Waals surface area contributed by atoms with E-state index in [4.69, 9.17) is 25.9 Å². The first-order valence-corrected chi connectivity index (χ1v) is 48.1. The fourth-order valence-electron chi connectivity index (χ4n) is 20.7. The summed E-state index contributed by atoms with van der Waals surface area (Å²) in [5.41, 5.74) is 31.5. The van der Waals surface area contributed by atoms with Gasteiger partial charge in [-0.1, -0.05) is 222 Å². The molecule has 14 nitrogen and oxygen atoms in total. The van der Waals surface area contributed by atoms with E-state index < -0.39 is 42.6 Å². The Morgan fingerprint density at radius 3 is 1.38 bits per heavy atom. The van der Waals surface area contributed by atoms with Crippen molar-refractivity contribution in [3.63, 3.8) is 0 Å². The van der Waals surface area contributed by atoms with Gasteiger partial charge in [-0.25, -0.2) is 31.7 Å². The average Bonchev–Trinajstić information content (AvgIpc) is 1.58. The molecule has 1 aromatic heterocycles. The van der Waals surface area contributed by atoms with E-state index >= 15 is 0 Å². The zero-order valence-corrected chi connectivity index (χ0v) is 83.0. The minimum atomic E-state index is -0.657. The number of carbonyl (C=O) groups excluding carboxylic acids is 1. The van der Waals surface area contributed by atoms with Gasteiger partial charge in [-0.3, -0.25) is 0 Å². The first-order valence-electron chi connectivity index (χ1n) is 45.7. The normalized spacial score (nSPS) is 25.3. The Morgan fingerprint density at radius 2 is 0.831 bits per heavy atom. The quantitative estimate of drug-likeness (QED) is 0.0451. The summed E-state index contributed by atoms with van der Waals surface area (Å²) in [4.78, 5) is 17.8. The predicted molar refractivity (Wildman–Crippen MR) is 519 cm³/mol. The van der Waals surface area contributed by atoms with Gasteiger partial charge >= 0.3 is 6.03 Å². The second-order valence-corrected chi connectivity index (χ2v) is 44.8. The molecular weight excluding hydrogens is 1850 g/mol. The van der Waals surface area contributed by atoms with E-state index in [1.807, 2.05) is 81.4 Å². The third-order valence-electron chi connectivity index (χ3n) is 28.4. The number of halogens is 8. The minimum Gasteiger partial charge on any atom is -0.391 e. The van der Waals surface area contributed by atoms with Crippen molar-refractivity contribution >= 4 is 65.6 Å². The van der Waals surface area contributed by atoms with Gasteiger partial charge in [0.25, 0.3) is 0 Å². The van der Waals surface area contributed by atoms with Gasteiger partial charge in [-0.2, -0.15) is 0 Å². The number of epoxide rings is 1. The van der Waals surface area contributed by atoms with E-state index in [-0.39, 0.29) is 103 Å². The third kappa shape index (κ3) is 23.7. The lowest BCUT2D eigenvalue weighted by Gasteiger charge is -2.40. The summed E-state index contributed by atoms with van der Waals surface area (Å²) in [5, 5.41) is 66.0. The van der Waals surface area contributed by atoms with Crippen molar-refractivity contribution in [2.75, 3.05) is 18.5 Å². The van der Waals surface area contributed by atoms with Crippen molar-refractivity contribution < 1.29 is 66.9 Å². The number of anilines is 1. The summed E-state index contributed by atoms with van der Waals surface area (Å²) in [6, 6.07) is 45.0. The van der Waals surface area contributed by atoms with Crippen molar-refractivity contribution in [3.05, 3.63) is 307 Å². The number of aromatic nitrogens is 1. The first-order chi connectivity index (χ1) is 60.8. The van der Waals surface area contributed by atoms with Crippen molar-refractivity contribution in [3.8, 4) is 0 Å². The molecule has 9 aromatic rings. The second kappa shape index (κ2) is 40.7. The van der Waals surface area contributed by atoms with Crippen LogP contribution < -0.4 is 22.1 Å². The molecule has 130 heavy (non-hydrogen) atoms. The average molecular weight is 1980 g/mol. The third-order valence-corrected chi connectivity index (χ3v) is 30.2. The number of aryl methyl sites for hydroxylation is 1. The number of pyridine rings is 1. The molecule has 8 aromatic carbocycles. The number of nitrogens with one attached hydrogen (secondary N) is 2. The highest BCUT2D eigenvalue weighted by Gasteiger charge is 2.51. The number of hydrogen-bond acceptors (Lipinski definition) is 12. The number of aliphatic hydroxyl groups excluding tert-OH is 6. The topological polar surface area (TPSA) is 249 Å². The Morgan fingerprint density at radius 1 is 0.423 bits per heavy atom. The van der Waals surface area contributed by atoms with E-state index in [0.29, 0.717) is 37.8 Å². The van der Waals surface area contributed by atoms with Crippen LogP contribution in [-0.4, -0.2) is 79.3 Å². The number of allylic oxidation sites excluding steroid dienone is 1. The maximum absolute atomic E-state index is 13.1. The number of aliphatic hydroxyl groups is 6. The van der Waals surface area contributed by atoms with Gasteiger partial charge in [-0.05, 0) is 335 Å². The highest BCUT2D eigenvalue weighted by atomic mass is 79.9. The molecule has 0 radical (unpaired) electrons. The molecule has 19 rings (SSSR count). The second-order valence-electron chi connectivity index (χ2n) is 42.2. The van der Waals surface area contributed by atoms with Gasteiger partial charge in [0.05, 0.1) is 72.2 Å². The fraction of sp³-hybridized carbons (Fsp3) is 0.481. The number of benzene rings is 8. The molecule has 22 heteroatoms. The largest absolute Gasteiger partial charge is 0.391 e. The first kappa shape index (κ1) is 102. The molecule has 700 valence electrons. The molecule has 2 saturated heterocycles. The number of nitrogens with zero attached hydrogens (tertiary/aromatic N) is 1. The smallest absolute Gasteiger partial charge is 0.319 e. The Hall–Kier alpha value is -7.39. The number of amides is 2. The standard InChI is InChI=1S/C24H30BrN3O3.C12H16BrNO.C12H15BrO.C12H16FNO.C12H13FO.2C12H15FO.C12H13F/c1-14-12-18(20(27-22(14)25)15-8-10-31-11-9-15)26-23(30)28-21-16-6-4-5-7-17(16)24(2,3)13-19(21)29;1-12(2)6-10(15)11(14)8-5-7(13)3-4-9(8)12;1-12(2)6-5-11(14)9-7-8(13)3-4-10(9)12;1-12(2)6-10(15)11(14)8-5-7(13)3-4-9(8)12;1-12(2)6-10-11(14-10)8-5-7(13)3-4-9(8)12;1-12(2)6-5-11(14)9-7-8(13)3-4-10(9)12;1-12(2)6-5-11(14)9-4-3-8(13)7-10(9)12;1-12(2)7-3-4-9-8-10(13)5-6-11(9)12/h4-7,12,15,19,21,29H,8-11,13H2,1-3H3,(H2,26,28,30);3-5,10-11,15H,6,14H2,1-2H3;3-4,7,11,14H,5-6H2,1-2H3;3-5,10-11,15H,6,14H2,1-2H3;3-5,10-11H,6H2,1-2H3;2*3-4,7,11,14H,5-6H2,1-2H3;3-6,8H,7H2,1-2H3/t19-,21-;10-,11?;;10-,11-;;;;/m11.1..../s1. The summed E-state index contributed by atoms with van der Waals surface area (Å²) in [5.74, 6) is -0.847. The number of rotatable bonds is 3. The van der Waals surface area contributed by atoms with Gasteiger partial charge in [0.2, 0.25) is 0 Å². The molecule has 12 N–H and O–H groups in total. The van der Waals surface area contributed by atoms with Crippen LogP contribution in [0.3, 0.4) is 0 Å². The summed E-state index contributed by atoms with van der Waals surface area (Å²) in [6.07, 6.45) is 12.8. The van der Waals surface area contributed by atoms with Gasteiger partial charge in [0.1, 0.15) is 39.8 Å². The van der Waals surface area contributed by atoms with Gasteiger partial charge in [0.15, 0.2) is 0 Å². The molecule has 11 atom stereocenters. The lowest BCUT2D eigenvalue weighted by molar-refractivity contribution is 0.0845. The molecule has 2 fully saturated rings. The van der Waals surface area contributed by atoms with Crippen LogP contribution in [0.25, 0.3) is 6.08 Å². The van der Waals surface area contributed by atoms with E-state index in [0.717, 1.165) is 162 Å². The number of ether oxygens (including phenoxy) is 2. The Balaban J connectivity index is 0.000000137. The Labute approximate surface area is 791 Å². The summed E-state index contributed by atoms with van der Waals surface area (Å²) in [7, 11) is 0. The molecule has 10 aliphatic rings. The molecule has 6 unspecified atom stereocenters. The van der Waals surface area contributed by atoms with Crippen LogP contribution in [0.4, 0.5) is 32.4 Å². The van der Waals surface area contributed by atoms with Crippen LogP contribution in [0, 0.1) is 36.0 Å².